The van der Waals surface area contributed by atoms with Gasteiger partial charge in [0.15, 0.2) is 13.7 Å². The van der Waals surface area contributed by atoms with Gasteiger partial charge in [-0.25, -0.2) is 0 Å². The molecule has 0 atom stereocenters. The third-order valence-corrected chi connectivity index (χ3v) is 19.7. The van der Waals surface area contributed by atoms with Crippen molar-refractivity contribution in [2.24, 2.45) is 0 Å². The molecular formula is C66H42N2O3Si. The smallest absolute Gasteiger partial charge is 0.184 e. The Morgan fingerprint density at radius 3 is 1.49 bits per heavy atom. The van der Waals surface area contributed by atoms with Crippen molar-refractivity contribution in [1.29, 1.82) is 0 Å². The van der Waals surface area contributed by atoms with Gasteiger partial charge < -0.3 is 23.1 Å². The van der Waals surface area contributed by atoms with Crippen molar-refractivity contribution in [3.63, 3.8) is 0 Å². The third-order valence-electron chi connectivity index (χ3n) is 14.9. The summed E-state index contributed by atoms with van der Waals surface area (Å²) in [6.45, 7) is 0. The molecule has 0 aliphatic carbocycles. The van der Waals surface area contributed by atoms with Crippen molar-refractivity contribution in [2.45, 2.75) is 0 Å². The van der Waals surface area contributed by atoms with Crippen molar-refractivity contribution < 1.29 is 13.3 Å². The minimum Gasteiger partial charge on any atom is -0.456 e. The number of nitrogens with zero attached hydrogens (tertiary/aromatic N) is 2. The molecule has 0 spiro atoms. The highest BCUT2D eigenvalue weighted by molar-refractivity contribution is 7.21. The largest absolute Gasteiger partial charge is 0.456 e. The van der Waals surface area contributed by atoms with Crippen molar-refractivity contribution in [3.05, 3.63) is 255 Å². The van der Waals surface area contributed by atoms with E-state index in [0.29, 0.717) is 0 Å². The highest BCUT2D eigenvalue weighted by Crippen LogP contribution is 2.46. The monoisotopic (exact) mass is 938 g/mol. The van der Waals surface area contributed by atoms with E-state index in [2.05, 4.69) is 246 Å². The van der Waals surface area contributed by atoms with Crippen molar-refractivity contribution in [2.75, 3.05) is 9.80 Å². The number of furan rings is 3. The van der Waals surface area contributed by atoms with Gasteiger partial charge in [-0.05, 0) is 111 Å². The molecule has 0 N–H and O–H groups in total. The van der Waals surface area contributed by atoms with Crippen molar-refractivity contribution in [3.8, 4) is 11.1 Å². The second-order valence-corrected chi connectivity index (χ2v) is 22.5. The van der Waals surface area contributed by atoms with E-state index in [1.54, 1.807) is 0 Å². The molecule has 0 fully saturated rings. The van der Waals surface area contributed by atoms with Gasteiger partial charge in [0.1, 0.15) is 27.9 Å². The van der Waals surface area contributed by atoms with Crippen LogP contribution >= 0.6 is 0 Å². The summed E-state index contributed by atoms with van der Waals surface area (Å²) in [5.74, 6) is 0. The maximum atomic E-state index is 6.85. The van der Waals surface area contributed by atoms with Crippen LogP contribution in [0.25, 0.3) is 76.9 Å². The maximum Gasteiger partial charge on any atom is 0.184 e. The quantitative estimate of drug-likeness (QED) is 0.149. The lowest BCUT2D eigenvalue weighted by Crippen LogP contribution is -2.77. The molecule has 338 valence electrons. The molecule has 6 heteroatoms. The van der Waals surface area contributed by atoms with Crippen LogP contribution < -0.4 is 30.5 Å². The van der Waals surface area contributed by atoms with Crippen LogP contribution in [-0.2, 0) is 0 Å². The Kier molecular flexibility index (Phi) is 8.91. The maximum absolute atomic E-state index is 6.85. The molecule has 0 bridgehead atoms. The molecular weight excluding hydrogens is 897 g/mol. The number of benzene rings is 11. The Balaban J connectivity index is 1.04. The molecule has 0 amide bonds. The lowest BCUT2D eigenvalue weighted by Gasteiger charge is -2.45. The van der Waals surface area contributed by atoms with Gasteiger partial charge in [-0.1, -0.05) is 176 Å². The topological polar surface area (TPSA) is 45.9 Å². The van der Waals surface area contributed by atoms with E-state index in [-0.39, 0.29) is 0 Å². The first-order chi connectivity index (χ1) is 35.7. The lowest BCUT2D eigenvalue weighted by atomic mass is 10.0. The van der Waals surface area contributed by atoms with Crippen molar-refractivity contribution >= 4 is 129 Å². The van der Waals surface area contributed by atoms with Gasteiger partial charge in [-0.2, -0.15) is 0 Å². The molecule has 0 saturated heterocycles. The fourth-order valence-electron chi connectivity index (χ4n) is 11.8. The highest BCUT2D eigenvalue weighted by Gasteiger charge is 2.49. The van der Waals surface area contributed by atoms with Crippen LogP contribution in [0.4, 0.5) is 34.1 Å². The summed E-state index contributed by atoms with van der Waals surface area (Å²) in [5.41, 5.74) is 13.8. The average molecular weight is 939 g/mol. The van der Waals surface area contributed by atoms with Gasteiger partial charge in [0, 0.05) is 60.8 Å². The van der Waals surface area contributed by atoms with Crippen LogP contribution in [0, 0.1) is 0 Å². The van der Waals surface area contributed by atoms with Gasteiger partial charge in [0.25, 0.3) is 0 Å². The molecule has 0 unspecified atom stereocenters. The summed E-state index contributed by atoms with van der Waals surface area (Å²) in [7, 11) is -3.31. The van der Waals surface area contributed by atoms with E-state index in [0.717, 1.165) is 106 Å². The SMILES string of the molecule is c1ccc(-c2ccc(N(c3ccc4c(c3)N(c3ccccc3)c3ccccc3[Si]4(c3ccc4c(c3)oc3ccccc34)c3ccc4c(c3)oc3ccccc34)c3cccc4c3oc3ccccc34)cc2)cc1. The van der Waals surface area contributed by atoms with Gasteiger partial charge in [0.2, 0.25) is 0 Å². The Morgan fingerprint density at radius 1 is 0.319 bits per heavy atom. The van der Waals surface area contributed by atoms with Crippen LogP contribution in [0.5, 0.6) is 0 Å². The zero-order valence-electron chi connectivity index (χ0n) is 38.9. The number of hydrogen-bond donors (Lipinski definition) is 0. The first kappa shape index (κ1) is 40.5. The van der Waals surface area contributed by atoms with Crippen molar-refractivity contribution in [1.82, 2.24) is 0 Å². The number of rotatable bonds is 7. The number of hydrogen-bond acceptors (Lipinski definition) is 5. The fourth-order valence-corrected chi connectivity index (χ4v) is 16.8. The summed E-state index contributed by atoms with van der Waals surface area (Å²) < 4.78 is 20.4. The lowest BCUT2D eigenvalue weighted by molar-refractivity contribution is 0.668. The highest BCUT2D eigenvalue weighted by atomic mass is 28.3. The van der Waals surface area contributed by atoms with E-state index in [4.69, 9.17) is 13.3 Å². The first-order valence-electron chi connectivity index (χ1n) is 24.5. The number of fused-ring (bicyclic) bond motifs is 11. The van der Waals surface area contributed by atoms with Crippen LogP contribution in [0.3, 0.4) is 0 Å². The predicted octanol–water partition coefficient (Wildman–Crippen LogP) is 15.7. The third kappa shape index (κ3) is 6.00. The fraction of sp³-hybridized carbons (Fsp3) is 0. The number of anilines is 6. The zero-order chi connectivity index (χ0) is 47.3. The van der Waals surface area contributed by atoms with Crippen LogP contribution in [0.2, 0.25) is 0 Å². The molecule has 5 nitrogen and oxygen atoms in total. The van der Waals surface area contributed by atoms with Gasteiger partial charge >= 0.3 is 0 Å². The zero-order valence-corrected chi connectivity index (χ0v) is 39.9. The molecule has 11 aromatic carbocycles. The van der Waals surface area contributed by atoms with Gasteiger partial charge in [-0.3, -0.25) is 0 Å². The minimum absolute atomic E-state index is 0.829. The van der Waals surface area contributed by atoms with Gasteiger partial charge in [-0.15, -0.1) is 0 Å². The minimum atomic E-state index is -3.31. The number of para-hydroxylation sites is 6. The molecule has 0 saturated carbocycles. The van der Waals surface area contributed by atoms with E-state index in [9.17, 15) is 0 Å². The van der Waals surface area contributed by atoms with E-state index >= 15 is 0 Å². The standard InChI is InChI=1S/C66H42N2O3Si/c1-3-16-43(17-4-1)44-30-32-46(33-31-44)67(57-25-15-23-55-52-22-9-13-28-61(52)71-66(55)57)47-34-39-65-58(40-47)68(45-18-5-2-6-19-45)56-24-10-14-29-64(56)72(65,48-35-37-53-50-20-7-11-26-59(50)69-62(53)41-48)49-36-38-54-51-21-8-12-27-60(51)70-63(54)42-49/h1-42H. The molecule has 1 aliphatic rings. The molecule has 72 heavy (non-hydrogen) atoms. The Morgan fingerprint density at radius 2 is 0.819 bits per heavy atom. The average Bonchev–Trinajstić information content (AvgIpc) is 4.14. The summed E-state index contributed by atoms with van der Waals surface area (Å²) in [5, 5.41) is 11.6. The van der Waals surface area contributed by atoms with E-state index < -0.39 is 8.07 Å². The van der Waals surface area contributed by atoms with Gasteiger partial charge in [0.05, 0.1) is 5.69 Å². The molecule has 3 aromatic heterocycles. The van der Waals surface area contributed by atoms with E-state index in [1.165, 1.54) is 26.3 Å². The first-order valence-corrected chi connectivity index (χ1v) is 26.5. The molecule has 4 heterocycles. The molecule has 0 radical (unpaired) electrons. The Labute approximate surface area is 415 Å². The summed E-state index contributed by atoms with van der Waals surface area (Å²) in [4.78, 5) is 4.84. The Hall–Kier alpha value is -9.36. The molecule has 14 aromatic rings. The normalized spacial score (nSPS) is 13.1. The van der Waals surface area contributed by atoms with Crippen LogP contribution in [0.1, 0.15) is 0 Å². The molecule has 1 aliphatic heterocycles. The second-order valence-electron chi connectivity index (χ2n) is 18.8. The summed E-state index contributed by atoms with van der Waals surface area (Å²) in [6, 6.07) is 92.0. The molecule has 15 rings (SSSR count). The summed E-state index contributed by atoms with van der Waals surface area (Å²) in [6.07, 6.45) is 0. The van der Waals surface area contributed by atoms with Crippen LogP contribution in [-0.4, -0.2) is 8.07 Å². The Bertz CT molecular complexity index is 4310. The second kappa shape index (κ2) is 15.8. The van der Waals surface area contributed by atoms with E-state index in [1.807, 2.05) is 18.2 Å². The summed E-state index contributed by atoms with van der Waals surface area (Å²) >= 11 is 0. The predicted molar refractivity (Wildman–Crippen MR) is 300 cm³/mol. The van der Waals surface area contributed by atoms with Crippen LogP contribution in [0.15, 0.2) is 268 Å².